The van der Waals surface area contributed by atoms with Gasteiger partial charge in [0.15, 0.2) is 5.69 Å². The number of hydrogen-bond donors (Lipinski definition) is 2. The number of oxazole rings is 1. The zero-order valence-corrected chi connectivity index (χ0v) is 9.23. The van der Waals surface area contributed by atoms with Gasteiger partial charge in [0, 0.05) is 5.69 Å². The molecular weight excluding hydrogens is 265 g/mol. The summed E-state index contributed by atoms with van der Waals surface area (Å²) < 4.78 is 41.8. The molecule has 2 aromatic rings. The number of halogens is 3. The summed E-state index contributed by atoms with van der Waals surface area (Å²) in [6.07, 6.45) is -3.48. The Labute approximate surface area is 104 Å². The Morgan fingerprint density at radius 1 is 1.26 bits per heavy atom. The molecule has 1 aromatic heterocycles. The molecular formula is C11H7F3N2O3. The van der Waals surface area contributed by atoms with E-state index in [1.165, 1.54) is 12.1 Å². The quantitative estimate of drug-likeness (QED) is 0.897. The molecule has 2 rings (SSSR count). The van der Waals surface area contributed by atoms with Gasteiger partial charge in [0.2, 0.25) is 0 Å². The van der Waals surface area contributed by atoms with E-state index in [4.69, 9.17) is 9.52 Å². The fourth-order valence-electron chi connectivity index (χ4n) is 1.30. The summed E-state index contributed by atoms with van der Waals surface area (Å²) in [7, 11) is 0. The highest BCUT2D eigenvalue weighted by molar-refractivity contribution is 5.85. The van der Waals surface area contributed by atoms with Crippen molar-refractivity contribution in [2.75, 3.05) is 5.32 Å². The molecule has 19 heavy (non-hydrogen) atoms. The molecule has 0 bridgehead atoms. The van der Waals surface area contributed by atoms with E-state index in [0.29, 0.717) is 5.69 Å². The van der Waals surface area contributed by atoms with E-state index in [-0.39, 0.29) is 11.7 Å². The van der Waals surface area contributed by atoms with Gasteiger partial charge < -0.3 is 14.8 Å². The van der Waals surface area contributed by atoms with E-state index >= 15 is 0 Å². The van der Waals surface area contributed by atoms with Gasteiger partial charge in [0.25, 0.3) is 6.01 Å². The van der Waals surface area contributed by atoms with E-state index in [1.807, 2.05) is 0 Å². The monoisotopic (exact) mass is 272 g/mol. The lowest BCUT2D eigenvalue weighted by molar-refractivity contribution is -0.137. The fraction of sp³-hybridized carbons (Fsp3) is 0.0909. The summed E-state index contributed by atoms with van der Waals surface area (Å²) in [6, 6.07) is 4.05. The Morgan fingerprint density at radius 2 is 1.89 bits per heavy atom. The molecule has 0 fully saturated rings. The van der Waals surface area contributed by atoms with Crippen LogP contribution in [0.25, 0.3) is 0 Å². The van der Waals surface area contributed by atoms with Crippen molar-refractivity contribution in [2.45, 2.75) is 6.18 Å². The average molecular weight is 272 g/mol. The number of aromatic carboxylic acids is 1. The van der Waals surface area contributed by atoms with Crippen LogP contribution in [0.1, 0.15) is 16.1 Å². The van der Waals surface area contributed by atoms with Crippen molar-refractivity contribution in [3.63, 3.8) is 0 Å². The molecule has 0 saturated carbocycles. The van der Waals surface area contributed by atoms with Gasteiger partial charge in [-0.1, -0.05) is 0 Å². The number of carboxylic acid groups (broad SMARTS) is 1. The highest BCUT2D eigenvalue weighted by atomic mass is 19.4. The minimum absolute atomic E-state index is 0.114. The van der Waals surface area contributed by atoms with Gasteiger partial charge in [-0.05, 0) is 24.3 Å². The van der Waals surface area contributed by atoms with Crippen molar-refractivity contribution < 1.29 is 27.5 Å². The largest absolute Gasteiger partial charge is 0.476 e. The third-order valence-corrected chi connectivity index (χ3v) is 2.19. The lowest BCUT2D eigenvalue weighted by Crippen LogP contribution is -2.04. The van der Waals surface area contributed by atoms with Crippen LogP contribution in [0.5, 0.6) is 0 Å². The van der Waals surface area contributed by atoms with E-state index < -0.39 is 17.7 Å². The van der Waals surface area contributed by atoms with Crippen molar-refractivity contribution in [1.82, 2.24) is 4.98 Å². The van der Waals surface area contributed by atoms with Crippen LogP contribution in [-0.2, 0) is 6.18 Å². The first-order valence-electron chi connectivity index (χ1n) is 4.99. The normalized spacial score (nSPS) is 11.3. The van der Waals surface area contributed by atoms with Gasteiger partial charge >= 0.3 is 12.1 Å². The van der Waals surface area contributed by atoms with Crippen LogP contribution in [-0.4, -0.2) is 16.1 Å². The second kappa shape index (κ2) is 4.63. The minimum atomic E-state index is -4.40. The first kappa shape index (κ1) is 12.9. The summed E-state index contributed by atoms with van der Waals surface area (Å²) in [5.41, 5.74) is -0.780. The average Bonchev–Trinajstić information content (AvgIpc) is 2.77. The summed E-state index contributed by atoms with van der Waals surface area (Å²) in [4.78, 5) is 14.1. The molecule has 0 aliphatic heterocycles. The second-order valence-electron chi connectivity index (χ2n) is 3.54. The zero-order chi connectivity index (χ0) is 14.0. The fourth-order valence-corrected chi connectivity index (χ4v) is 1.30. The number of hydrogen-bond acceptors (Lipinski definition) is 4. The van der Waals surface area contributed by atoms with Crippen molar-refractivity contribution >= 4 is 17.7 Å². The molecule has 2 N–H and O–H groups in total. The maximum absolute atomic E-state index is 12.3. The standard InChI is InChI=1S/C11H7F3N2O3/c12-11(13,14)6-1-3-7(4-2-6)15-10-16-8(5-19-10)9(17)18/h1-5H,(H,15,16)(H,17,18). The van der Waals surface area contributed by atoms with Crippen molar-refractivity contribution in [2.24, 2.45) is 0 Å². The predicted molar refractivity (Wildman–Crippen MR) is 58.2 cm³/mol. The van der Waals surface area contributed by atoms with Gasteiger partial charge in [-0.15, -0.1) is 0 Å². The zero-order valence-electron chi connectivity index (χ0n) is 9.23. The Kier molecular flexibility index (Phi) is 3.16. The van der Waals surface area contributed by atoms with Gasteiger partial charge in [0.1, 0.15) is 6.26 Å². The SMILES string of the molecule is O=C(O)c1coc(Nc2ccc(C(F)(F)F)cc2)n1. The molecule has 0 amide bonds. The summed E-state index contributed by atoms with van der Waals surface area (Å²) >= 11 is 0. The van der Waals surface area contributed by atoms with Crippen LogP contribution in [0.4, 0.5) is 24.9 Å². The van der Waals surface area contributed by atoms with Crippen LogP contribution >= 0.6 is 0 Å². The Bertz CT molecular complexity index is 590. The maximum Gasteiger partial charge on any atom is 0.416 e. The lowest BCUT2D eigenvalue weighted by atomic mass is 10.2. The molecule has 0 aliphatic carbocycles. The molecule has 1 heterocycles. The van der Waals surface area contributed by atoms with Crippen LogP contribution < -0.4 is 5.32 Å². The number of nitrogens with zero attached hydrogens (tertiary/aromatic N) is 1. The van der Waals surface area contributed by atoms with Crippen molar-refractivity contribution in [3.05, 3.63) is 41.8 Å². The molecule has 0 spiro atoms. The van der Waals surface area contributed by atoms with Gasteiger partial charge in [0.05, 0.1) is 5.56 Å². The Hall–Kier alpha value is -2.51. The number of carbonyl (C=O) groups is 1. The third-order valence-electron chi connectivity index (χ3n) is 2.19. The summed E-state index contributed by atoms with van der Waals surface area (Å²) in [5, 5.41) is 11.2. The van der Waals surface area contributed by atoms with Crippen molar-refractivity contribution in [1.29, 1.82) is 0 Å². The van der Waals surface area contributed by atoms with Crippen LogP contribution in [0.3, 0.4) is 0 Å². The molecule has 0 radical (unpaired) electrons. The van der Waals surface area contributed by atoms with Crippen LogP contribution in [0.15, 0.2) is 34.9 Å². The maximum atomic E-state index is 12.3. The van der Waals surface area contributed by atoms with Gasteiger partial charge in [-0.3, -0.25) is 0 Å². The Balaban J connectivity index is 2.13. The molecule has 0 unspecified atom stereocenters. The number of anilines is 2. The topological polar surface area (TPSA) is 75.4 Å². The first-order valence-corrected chi connectivity index (χ1v) is 4.99. The third kappa shape index (κ3) is 3.03. The van der Waals surface area contributed by atoms with Gasteiger partial charge in [-0.2, -0.15) is 18.2 Å². The number of benzene rings is 1. The number of aromatic nitrogens is 1. The number of rotatable bonds is 3. The number of nitrogens with one attached hydrogen (secondary N) is 1. The van der Waals surface area contributed by atoms with E-state index in [1.54, 1.807) is 0 Å². The van der Waals surface area contributed by atoms with E-state index in [2.05, 4.69) is 10.3 Å². The van der Waals surface area contributed by atoms with E-state index in [0.717, 1.165) is 18.4 Å². The highest BCUT2D eigenvalue weighted by Gasteiger charge is 2.29. The second-order valence-corrected chi connectivity index (χ2v) is 3.54. The molecule has 0 saturated heterocycles. The number of carboxylic acids is 1. The minimum Gasteiger partial charge on any atom is -0.476 e. The van der Waals surface area contributed by atoms with Crippen LogP contribution in [0.2, 0.25) is 0 Å². The molecule has 100 valence electrons. The van der Waals surface area contributed by atoms with Crippen molar-refractivity contribution in [3.8, 4) is 0 Å². The molecule has 0 atom stereocenters. The highest BCUT2D eigenvalue weighted by Crippen LogP contribution is 2.30. The van der Waals surface area contributed by atoms with Gasteiger partial charge in [-0.25, -0.2) is 4.79 Å². The van der Waals surface area contributed by atoms with Crippen LogP contribution in [0, 0.1) is 0 Å². The summed E-state index contributed by atoms with van der Waals surface area (Å²) in [5.74, 6) is -1.26. The summed E-state index contributed by atoms with van der Waals surface area (Å²) in [6.45, 7) is 0. The first-order chi connectivity index (χ1) is 8.86. The predicted octanol–water partition coefficient (Wildman–Crippen LogP) is 3.14. The molecule has 0 aliphatic rings. The number of alkyl halides is 3. The molecule has 1 aromatic carbocycles. The van der Waals surface area contributed by atoms with E-state index in [9.17, 15) is 18.0 Å². The smallest absolute Gasteiger partial charge is 0.416 e. The molecule has 8 heteroatoms. The lowest BCUT2D eigenvalue weighted by Gasteiger charge is -2.07. The molecule has 5 nitrogen and oxygen atoms in total. The Morgan fingerprint density at radius 3 is 2.37 bits per heavy atom.